The molecule has 0 saturated carbocycles. The number of thiophene rings is 1. The summed E-state index contributed by atoms with van der Waals surface area (Å²) in [5, 5.41) is 13.0. The van der Waals surface area contributed by atoms with Gasteiger partial charge in [-0.3, -0.25) is 4.79 Å². The van der Waals surface area contributed by atoms with E-state index in [1.807, 2.05) is 16.3 Å². The second kappa shape index (κ2) is 6.50. The van der Waals surface area contributed by atoms with Gasteiger partial charge in [0.1, 0.15) is 11.2 Å². The quantitative estimate of drug-likeness (QED) is 0.906. The molecule has 2 N–H and O–H groups in total. The fourth-order valence-corrected chi connectivity index (χ4v) is 3.47. The summed E-state index contributed by atoms with van der Waals surface area (Å²) in [6.07, 6.45) is 2.46. The second-order valence-corrected chi connectivity index (χ2v) is 5.95. The molecule has 0 spiro atoms. The highest BCUT2D eigenvalue weighted by atomic mass is 35.5. The lowest BCUT2D eigenvalue weighted by Crippen LogP contribution is -2.34. The molecule has 0 aromatic carbocycles. The summed E-state index contributed by atoms with van der Waals surface area (Å²) in [5.74, 6) is 0.430. The van der Waals surface area contributed by atoms with Gasteiger partial charge in [-0.05, 0) is 47.7 Å². The minimum atomic E-state index is 0. The fourth-order valence-electron chi connectivity index (χ4n) is 2.64. The number of hydrogen-bond donors (Lipinski definition) is 1. The van der Waals surface area contributed by atoms with E-state index in [2.05, 4.69) is 22.4 Å². The molecule has 1 amide bonds. The van der Waals surface area contributed by atoms with Gasteiger partial charge in [0.2, 0.25) is 0 Å². The Morgan fingerprint density at radius 2 is 2.38 bits per heavy atom. The number of carbonyl (C=O) groups is 1. The highest BCUT2D eigenvalue weighted by Crippen LogP contribution is 2.28. The van der Waals surface area contributed by atoms with Crippen molar-refractivity contribution in [2.45, 2.75) is 19.4 Å². The Kier molecular flexibility index (Phi) is 4.92. The molecule has 9 heteroatoms. The van der Waals surface area contributed by atoms with Gasteiger partial charge in [-0.2, -0.15) is 4.68 Å². The third kappa shape index (κ3) is 2.92. The van der Waals surface area contributed by atoms with Crippen LogP contribution in [0.3, 0.4) is 0 Å². The Morgan fingerprint density at radius 3 is 3.00 bits per heavy atom. The molecule has 7 nitrogen and oxygen atoms in total. The van der Waals surface area contributed by atoms with E-state index in [4.69, 9.17) is 5.73 Å². The van der Waals surface area contributed by atoms with Crippen molar-refractivity contribution in [3.8, 4) is 5.69 Å². The molecule has 3 heterocycles. The minimum Gasteiger partial charge on any atom is -0.335 e. The first kappa shape index (κ1) is 15.9. The van der Waals surface area contributed by atoms with Crippen LogP contribution in [0.4, 0.5) is 0 Å². The van der Waals surface area contributed by atoms with Gasteiger partial charge >= 0.3 is 0 Å². The molecule has 1 fully saturated rings. The van der Waals surface area contributed by atoms with Crippen molar-refractivity contribution in [2.24, 2.45) is 11.7 Å². The van der Waals surface area contributed by atoms with Crippen molar-refractivity contribution >= 4 is 29.7 Å². The molecule has 0 aliphatic carbocycles. The van der Waals surface area contributed by atoms with Crippen LogP contribution in [0.1, 0.15) is 23.0 Å². The highest BCUT2D eigenvalue weighted by Gasteiger charge is 2.33. The zero-order valence-corrected chi connectivity index (χ0v) is 13.2. The summed E-state index contributed by atoms with van der Waals surface area (Å²) in [5.41, 5.74) is 6.45. The summed E-state index contributed by atoms with van der Waals surface area (Å²) in [6, 6.07) is 2.08. The van der Waals surface area contributed by atoms with Gasteiger partial charge in [0.25, 0.3) is 5.91 Å². The summed E-state index contributed by atoms with van der Waals surface area (Å²) in [7, 11) is 0. The zero-order chi connectivity index (χ0) is 14.1. The maximum absolute atomic E-state index is 12.7. The third-order valence-corrected chi connectivity index (χ3v) is 4.58. The van der Waals surface area contributed by atoms with Crippen molar-refractivity contribution in [2.75, 3.05) is 13.1 Å². The number of nitrogens with zero attached hydrogens (tertiary/aromatic N) is 5. The number of nitrogens with two attached hydrogens (primary N) is 1. The monoisotopic (exact) mass is 328 g/mol. The fraction of sp³-hybridized carbons (Fsp3) is 0.500. The van der Waals surface area contributed by atoms with Crippen molar-refractivity contribution in [1.29, 1.82) is 0 Å². The van der Waals surface area contributed by atoms with Crippen LogP contribution in [-0.4, -0.2) is 50.1 Å². The standard InChI is InChI=1S/C12H16N6OS.ClH/c1-8-4-9(5-13)6-17(8)12(19)11-10(2-3-20-11)18-7-14-15-16-18;/h2-3,7-9H,4-6,13H2,1H3;1H. The van der Waals surface area contributed by atoms with E-state index >= 15 is 0 Å². The number of hydrogen-bond acceptors (Lipinski definition) is 6. The average molecular weight is 329 g/mol. The Balaban J connectivity index is 0.00000161. The van der Waals surface area contributed by atoms with Crippen LogP contribution >= 0.6 is 23.7 Å². The van der Waals surface area contributed by atoms with E-state index in [0.29, 0.717) is 17.3 Å². The van der Waals surface area contributed by atoms with Gasteiger partial charge in [0, 0.05) is 12.6 Å². The highest BCUT2D eigenvalue weighted by molar-refractivity contribution is 7.12. The van der Waals surface area contributed by atoms with Crippen LogP contribution in [0.15, 0.2) is 17.8 Å². The summed E-state index contributed by atoms with van der Waals surface area (Å²) in [4.78, 5) is 15.3. The molecule has 0 radical (unpaired) electrons. The smallest absolute Gasteiger partial charge is 0.266 e. The maximum atomic E-state index is 12.7. The number of rotatable bonds is 3. The number of halogens is 1. The molecule has 2 unspecified atom stereocenters. The van der Waals surface area contributed by atoms with E-state index in [1.54, 1.807) is 0 Å². The van der Waals surface area contributed by atoms with Crippen LogP contribution < -0.4 is 5.73 Å². The number of likely N-dealkylation sites (tertiary alicyclic amines) is 1. The third-order valence-electron chi connectivity index (χ3n) is 3.69. The largest absolute Gasteiger partial charge is 0.335 e. The lowest BCUT2D eigenvalue weighted by Gasteiger charge is -2.21. The number of tetrazole rings is 1. The van der Waals surface area contributed by atoms with Gasteiger partial charge in [0.15, 0.2) is 0 Å². The Bertz CT molecular complexity index is 601. The van der Waals surface area contributed by atoms with Crippen LogP contribution in [0.25, 0.3) is 5.69 Å². The zero-order valence-electron chi connectivity index (χ0n) is 11.5. The van der Waals surface area contributed by atoms with Crippen molar-refractivity contribution in [3.63, 3.8) is 0 Å². The first-order valence-corrected chi connectivity index (χ1v) is 7.40. The second-order valence-electron chi connectivity index (χ2n) is 5.03. The van der Waals surface area contributed by atoms with Gasteiger partial charge < -0.3 is 10.6 Å². The van der Waals surface area contributed by atoms with Crippen LogP contribution in [0.5, 0.6) is 0 Å². The number of carbonyl (C=O) groups excluding carboxylic acids is 1. The lowest BCUT2D eigenvalue weighted by atomic mass is 10.1. The van der Waals surface area contributed by atoms with Gasteiger partial charge in [-0.1, -0.05) is 0 Å². The minimum absolute atomic E-state index is 0. The molecule has 1 aliphatic heterocycles. The predicted octanol–water partition coefficient (Wildman–Crippen LogP) is 0.955. The van der Waals surface area contributed by atoms with E-state index in [-0.39, 0.29) is 24.4 Å². The van der Waals surface area contributed by atoms with Gasteiger partial charge in [-0.25, -0.2) is 0 Å². The molecule has 2 atom stereocenters. The topological polar surface area (TPSA) is 89.9 Å². The Morgan fingerprint density at radius 1 is 1.57 bits per heavy atom. The summed E-state index contributed by atoms with van der Waals surface area (Å²) >= 11 is 1.41. The van der Waals surface area contributed by atoms with E-state index in [9.17, 15) is 4.79 Å². The van der Waals surface area contributed by atoms with E-state index < -0.39 is 0 Å². The Labute approximate surface area is 132 Å². The molecule has 2 aromatic rings. The molecule has 114 valence electrons. The Hall–Kier alpha value is -1.51. The molecular formula is C12H17ClN6OS. The average Bonchev–Trinajstić information content (AvgIpc) is 3.17. The van der Waals surface area contributed by atoms with Crippen LogP contribution in [-0.2, 0) is 0 Å². The molecule has 1 aliphatic rings. The predicted molar refractivity (Wildman–Crippen MR) is 81.9 cm³/mol. The first-order chi connectivity index (χ1) is 9.70. The van der Waals surface area contributed by atoms with Crippen molar-refractivity contribution < 1.29 is 4.79 Å². The van der Waals surface area contributed by atoms with Crippen LogP contribution in [0, 0.1) is 5.92 Å². The molecule has 21 heavy (non-hydrogen) atoms. The maximum Gasteiger partial charge on any atom is 0.266 e. The molecule has 0 bridgehead atoms. The summed E-state index contributed by atoms with van der Waals surface area (Å²) in [6.45, 7) is 3.42. The molecule has 3 rings (SSSR count). The van der Waals surface area contributed by atoms with E-state index in [1.165, 1.54) is 22.3 Å². The molecule has 2 aromatic heterocycles. The van der Waals surface area contributed by atoms with E-state index in [0.717, 1.165) is 18.7 Å². The van der Waals surface area contributed by atoms with Gasteiger partial charge in [-0.15, -0.1) is 28.8 Å². The number of amides is 1. The van der Waals surface area contributed by atoms with Crippen LogP contribution in [0.2, 0.25) is 0 Å². The lowest BCUT2D eigenvalue weighted by molar-refractivity contribution is 0.0748. The SMILES string of the molecule is CC1CC(CN)CN1C(=O)c1sccc1-n1cnnn1.Cl. The normalized spacial score (nSPS) is 21.3. The van der Waals surface area contributed by atoms with Gasteiger partial charge in [0.05, 0.1) is 5.69 Å². The number of aromatic nitrogens is 4. The summed E-state index contributed by atoms with van der Waals surface area (Å²) < 4.78 is 1.52. The van der Waals surface area contributed by atoms with Crippen molar-refractivity contribution in [3.05, 3.63) is 22.7 Å². The molecule has 1 saturated heterocycles. The molecular weight excluding hydrogens is 312 g/mol. The van der Waals surface area contributed by atoms with Crippen molar-refractivity contribution in [1.82, 2.24) is 25.1 Å². The first-order valence-electron chi connectivity index (χ1n) is 6.52.